The van der Waals surface area contributed by atoms with Gasteiger partial charge in [0.2, 0.25) is 0 Å². The first kappa shape index (κ1) is 23.5. The molecule has 0 aromatic heterocycles. The predicted molar refractivity (Wildman–Crippen MR) is 106 cm³/mol. The minimum Gasteiger partial charge on any atom is -0.429 e. The van der Waals surface area contributed by atoms with Crippen molar-refractivity contribution in [1.82, 2.24) is 0 Å². The number of alkyl halides is 2. The average Bonchev–Trinajstić information content (AvgIpc) is 2.72. The third-order valence-corrected chi connectivity index (χ3v) is 6.04. The summed E-state index contributed by atoms with van der Waals surface area (Å²) in [5.74, 6) is -6.46. The number of rotatable bonds is 8. The summed E-state index contributed by atoms with van der Waals surface area (Å²) < 4.78 is 87.2. The van der Waals surface area contributed by atoms with Crippen molar-refractivity contribution in [1.29, 1.82) is 0 Å². The van der Waals surface area contributed by atoms with Crippen LogP contribution in [0.5, 0.6) is 5.75 Å². The molecule has 0 heterocycles. The maximum Gasteiger partial charge on any atom is 0.429 e. The number of ether oxygens (including phenoxy) is 1. The van der Waals surface area contributed by atoms with Crippen LogP contribution in [0.2, 0.25) is 0 Å². The Kier molecular flexibility index (Phi) is 7.55. The van der Waals surface area contributed by atoms with Crippen LogP contribution in [0, 0.1) is 29.2 Å². The van der Waals surface area contributed by atoms with Gasteiger partial charge >= 0.3 is 6.11 Å². The molecule has 0 spiro atoms. The van der Waals surface area contributed by atoms with Gasteiger partial charge in [-0.3, -0.25) is 0 Å². The molecule has 2 aromatic rings. The Morgan fingerprint density at radius 1 is 0.871 bits per heavy atom. The topological polar surface area (TPSA) is 9.23 Å². The second kappa shape index (κ2) is 9.96. The van der Waals surface area contributed by atoms with E-state index >= 15 is 0 Å². The SMILES string of the molecule is CCCCC[C@H]1CC[C@H](c2ccc(C(F)(F)Oc3cc(F)c(F)c(F)c3)c(F)c2)CC1. The summed E-state index contributed by atoms with van der Waals surface area (Å²) in [6.07, 6.45) is 4.48. The van der Waals surface area contributed by atoms with Gasteiger partial charge in [-0.25, -0.2) is 17.6 Å². The molecule has 170 valence electrons. The highest BCUT2D eigenvalue weighted by Gasteiger charge is 2.38. The van der Waals surface area contributed by atoms with Gasteiger partial charge in [0.15, 0.2) is 17.5 Å². The van der Waals surface area contributed by atoms with Crippen LogP contribution in [0.1, 0.15) is 75.3 Å². The van der Waals surface area contributed by atoms with E-state index in [9.17, 15) is 26.3 Å². The van der Waals surface area contributed by atoms with Crippen LogP contribution in [0.25, 0.3) is 0 Å². The fourth-order valence-electron chi connectivity index (χ4n) is 4.28. The fourth-order valence-corrected chi connectivity index (χ4v) is 4.28. The number of halogens is 6. The van der Waals surface area contributed by atoms with Crippen LogP contribution in [0.4, 0.5) is 26.3 Å². The Bertz CT molecular complexity index is 867. The summed E-state index contributed by atoms with van der Waals surface area (Å²) in [6.45, 7) is 2.17. The van der Waals surface area contributed by atoms with Gasteiger partial charge in [0.1, 0.15) is 11.6 Å². The third kappa shape index (κ3) is 5.74. The van der Waals surface area contributed by atoms with Gasteiger partial charge < -0.3 is 4.74 Å². The minimum atomic E-state index is -4.18. The smallest absolute Gasteiger partial charge is 0.429 e. The molecule has 1 nitrogen and oxygen atoms in total. The molecule has 1 aliphatic rings. The van der Waals surface area contributed by atoms with E-state index in [1.807, 2.05) is 0 Å². The molecule has 31 heavy (non-hydrogen) atoms. The van der Waals surface area contributed by atoms with Crippen molar-refractivity contribution in [3.63, 3.8) is 0 Å². The van der Waals surface area contributed by atoms with E-state index in [-0.39, 0.29) is 18.1 Å². The molecule has 1 saturated carbocycles. The first-order valence-corrected chi connectivity index (χ1v) is 10.7. The highest BCUT2D eigenvalue weighted by Crippen LogP contribution is 2.40. The second-order valence-electron chi connectivity index (χ2n) is 8.27. The monoisotopic (exact) mass is 444 g/mol. The van der Waals surface area contributed by atoms with Gasteiger partial charge in [-0.2, -0.15) is 8.78 Å². The summed E-state index contributed by atoms with van der Waals surface area (Å²) >= 11 is 0. The van der Waals surface area contributed by atoms with Crippen molar-refractivity contribution in [2.45, 2.75) is 70.3 Å². The highest BCUT2D eigenvalue weighted by molar-refractivity contribution is 5.31. The lowest BCUT2D eigenvalue weighted by Crippen LogP contribution is -2.24. The summed E-state index contributed by atoms with van der Waals surface area (Å²) in [5, 5.41) is 0. The number of hydrogen-bond donors (Lipinski definition) is 0. The number of unbranched alkanes of at least 4 members (excludes halogenated alkanes) is 2. The average molecular weight is 444 g/mol. The van der Waals surface area contributed by atoms with Crippen LogP contribution in [-0.2, 0) is 6.11 Å². The lowest BCUT2D eigenvalue weighted by molar-refractivity contribution is -0.187. The molecular formula is C24H26F6O. The van der Waals surface area contributed by atoms with Crippen molar-refractivity contribution in [3.8, 4) is 5.75 Å². The lowest BCUT2D eigenvalue weighted by atomic mass is 9.77. The van der Waals surface area contributed by atoms with E-state index in [1.165, 1.54) is 31.7 Å². The van der Waals surface area contributed by atoms with Gasteiger partial charge in [-0.15, -0.1) is 0 Å². The molecule has 0 bridgehead atoms. The highest BCUT2D eigenvalue weighted by atomic mass is 19.3. The van der Waals surface area contributed by atoms with Crippen molar-refractivity contribution in [3.05, 3.63) is 64.7 Å². The molecule has 0 atom stereocenters. The molecule has 0 radical (unpaired) electrons. The molecule has 1 fully saturated rings. The Morgan fingerprint density at radius 2 is 1.52 bits per heavy atom. The summed E-state index contributed by atoms with van der Waals surface area (Å²) in [5.41, 5.74) is -0.391. The quantitative estimate of drug-likeness (QED) is 0.226. The van der Waals surface area contributed by atoms with E-state index in [4.69, 9.17) is 0 Å². The zero-order chi connectivity index (χ0) is 22.6. The van der Waals surface area contributed by atoms with Crippen LogP contribution in [0.3, 0.4) is 0 Å². The van der Waals surface area contributed by atoms with E-state index in [0.29, 0.717) is 11.5 Å². The standard InChI is InChI=1S/C24H26F6O/c1-2-3-4-5-15-6-8-16(9-7-15)17-10-11-19(20(25)12-17)24(29,30)31-18-13-21(26)23(28)22(27)14-18/h10-16H,2-9H2,1H3/t15-,16-. The Morgan fingerprint density at radius 3 is 2.10 bits per heavy atom. The van der Waals surface area contributed by atoms with E-state index in [0.717, 1.165) is 37.8 Å². The summed E-state index contributed by atoms with van der Waals surface area (Å²) in [4.78, 5) is 0. The van der Waals surface area contributed by atoms with Crippen molar-refractivity contribution in [2.24, 2.45) is 5.92 Å². The number of hydrogen-bond acceptors (Lipinski definition) is 1. The molecule has 0 saturated heterocycles. The molecule has 2 aromatic carbocycles. The second-order valence-corrected chi connectivity index (χ2v) is 8.27. The maximum absolute atomic E-state index is 14.5. The first-order valence-electron chi connectivity index (χ1n) is 10.7. The summed E-state index contributed by atoms with van der Waals surface area (Å²) in [7, 11) is 0. The Balaban J connectivity index is 1.67. The van der Waals surface area contributed by atoms with Crippen molar-refractivity contribution < 1.29 is 31.1 Å². The summed E-state index contributed by atoms with van der Waals surface area (Å²) in [6, 6.07) is 4.05. The zero-order valence-electron chi connectivity index (χ0n) is 17.4. The van der Waals surface area contributed by atoms with E-state index in [2.05, 4.69) is 11.7 Å². The van der Waals surface area contributed by atoms with E-state index in [1.54, 1.807) is 0 Å². The van der Waals surface area contributed by atoms with Gasteiger partial charge in [0.25, 0.3) is 0 Å². The third-order valence-electron chi connectivity index (χ3n) is 6.04. The molecule has 7 heteroatoms. The molecule has 3 rings (SSSR count). The van der Waals surface area contributed by atoms with Gasteiger partial charge in [0, 0.05) is 12.1 Å². The van der Waals surface area contributed by atoms with E-state index < -0.39 is 40.7 Å². The van der Waals surface area contributed by atoms with Crippen LogP contribution in [0.15, 0.2) is 30.3 Å². The van der Waals surface area contributed by atoms with Gasteiger partial charge in [0.05, 0.1) is 5.56 Å². The van der Waals surface area contributed by atoms with Crippen LogP contribution >= 0.6 is 0 Å². The van der Waals surface area contributed by atoms with Gasteiger partial charge in [-0.05, 0) is 55.2 Å². The molecule has 0 aliphatic heterocycles. The molecule has 1 aliphatic carbocycles. The molecule has 0 unspecified atom stereocenters. The largest absolute Gasteiger partial charge is 0.429 e. The van der Waals surface area contributed by atoms with Crippen LogP contribution in [-0.4, -0.2) is 0 Å². The first-order chi connectivity index (χ1) is 14.7. The van der Waals surface area contributed by atoms with Crippen molar-refractivity contribution >= 4 is 0 Å². The van der Waals surface area contributed by atoms with Crippen LogP contribution < -0.4 is 4.74 Å². The molecule has 0 N–H and O–H groups in total. The maximum atomic E-state index is 14.5. The fraction of sp³-hybridized carbons (Fsp3) is 0.500. The Labute approximate surface area is 178 Å². The predicted octanol–water partition coefficient (Wildman–Crippen LogP) is 8.23. The van der Waals surface area contributed by atoms with Gasteiger partial charge in [-0.1, -0.05) is 38.7 Å². The Hall–Kier alpha value is -2.18. The minimum absolute atomic E-state index is 0.112. The van der Waals surface area contributed by atoms with Crippen molar-refractivity contribution in [2.75, 3.05) is 0 Å². The zero-order valence-corrected chi connectivity index (χ0v) is 17.4. The molecule has 0 amide bonds. The number of benzene rings is 2. The lowest BCUT2D eigenvalue weighted by Gasteiger charge is -2.29. The molecular weight excluding hydrogens is 418 g/mol. The normalized spacial score (nSPS) is 19.5.